The predicted octanol–water partition coefficient (Wildman–Crippen LogP) is -0.288. The SMILES string of the molecule is NS(=O)(=O)OC[C@H]1C[C@@H](Nc2ncncc2C(=O)c2ccn(C[C@@H]3CCOC3)n2)C[C@@H]1O. The van der Waals surface area contributed by atoms with Crippen molar-refractivity contribution in [2.75, 3.05) is 25.1 Å². The Labute approximate surface area is 185 Å². The molecule has 4 rings (SSSR count). The molecule has 0 spiro atoms. The molecular formula is C19H26N6O6S. The third-order valence-electron chi connectivity index (χ3n) is 5.74. The number of carbonyl (C=O) groups excluding carboxylic acids is 1. The summed E-state index contributed by atoms with van der Waals surface area (Å²) >= 11 is 0. The Morgan fingerprint density at radius 3 is 3.00 bits per heavy atom. The Morgan fingerprint density at radius 2 is 2.25 bits per heavy atom. The summed E-state index contributed by atoms with van der Waals surface area (Å²) in [6, 6.07) is 1.43. The van der Waals surface area contributed by atoms with Gasteiger partial charge in [0.05, 0.1) is 24.9 Å². The molecular weight excluding hydrogens is 440 g/mol. The van der Waals surface area contributed by atoms with Crippen LogP contribution in [-0.2, 0) is 25.8 Å². The van der Waals surface area contributed by atoms with Crippen molar-refractivity contribution in [2.45, 2.75) is 38.0 Å². The van der Waals surface area contributed by atoms with Crippen LogP contribution in [0.3, 0.4) is 0 Å². The molecule has 1 aliphatic heterocycles. The van der Waals surface area contributed by atoms with Crippen molar-refractivity contribution in [1.82, 2.24) is 19.7 Å². The maximum Gasteiger partial charge on any atom is 0.333 e. The topological polar surface area (TPSA) is 172 Å². The lowest BCUT2D eigenvalue weighted by Crippen LogP contribution is -2.24. The van der Waals surface area contributed by atoms with Gasteiger partial charge in [-0.05, 0) is 25.3 Å². The normalized spacial score (nSPS) is 25.8. The molecule has 4 N–H and O–H groups in total. The van der Waals surface area contributed by atoms with E-state index >= 15 is 0 Å². The van der Waals surface area contributed by atoms with Gasteiger partial charge in [-0.1, -0.05) is 0 Å². The van der Waals surface area contributed by atoms with Crippen molar-refractivity contribution in [1.29, 1.82) is 0 Å². The first-order chi connectivity index (χ1) is 15.3. The number of rotatable bonds is 9. The lowest BCUT2D eigenvalue weighted by molar-refractivity contribution is 0.101. The smallest absolute Gasteiger partial charge is 0.333 e. The zero-order valence-corrected chi connectivity index (χ0v) is 18.1. The van der Waals surface area contributed by atoms with Crippen LogP contribution in [0.15, 0.2) is 24.8 Å². The van der Waals surface area contributed by atoms with Crippen LogP contribution >= 0.6 is 0 Å². The molecule has 2 aromatic heterocycles. The van der Waals surface area contributed by atoms with Gasteiger partial charge >= 0.3 is 10.3 Å². The van der Waals surface area contributed by atoms with E-state index in [2.05, 4.69) is 24.6 Å². The minimum atomic E-state index is -4.08. The van der Waals surface area contributed by atoms with E-state index < -0.39 is 22.3 Å². The predicted molar refractivity (Wildman–Crippen MR) is 112 cm³/mol. The highest BCUT2D eigenvalue weighted by atomic mass is 32.2. The van der Waals surface area contributed by atoms with Crippen molar-refractivity contribution >= 4 is 21.9 Å². The summed E-state index contributed by atoms with van der Waals surface area (Å²) < 4.78 is 33.8. The van der Waals surface area contributed by atoms with Gasteiger partial charge in [0.2, 0.25) is 5.78 Å². The molecule has 0 radical (unpaired) electrons. The second-order valence-electron chi connectivity index (χ2n) is 8.18. The van der Waals surface area contributed by atoms with Gasteiger partial charge in [-0.15, -0.1) is 0 Å². The summed E-state index contributed by atoms with van der Waals surface area (Å²) in [4.78, 5) is 21.2. The van der Waals surface area contributed by atoms with E-state index in [-0.39, 0.29) is 29.7 Å². The second-order valence-corrected chi connectivity index (χ2v) is 9.41. The third kappa shape index (κ3) is 5.66. The molecule has 2 aromatic rings. The minimum absolute atomic E-state index is 0.211. The number of aliphatic hydroxyl groups excluding tert-OH is 1. The molecule has 2 fully saturated rings. The van der Waals surface area contributed by atoms with Crippen LogP contribution in [0.4, 0.5) is 5.82 Å². The first-order valence-electron chi connectivity index (χ1n) is 10.4. The molecule has 4 atom stereocenters. The molecule has 0 amide bonds. The van der Waals surface area contributed by atoms with Crippen LogP contribution in [0.2, 0.25) is 0 Å². The van der Waals surface area contributed by atoms with E-state index in [9.17, 15) is 18.3 Å². The average molecular weight is 467 g/mol. The van der Waals surface area contributed by atoms with E-state index in [0.717, 1.165) is 13.0 Å². The zero-order valence-electron chi connectivity index (χ0n) is 17.3. The van der Waals surface area contributed by atoms with Gasteiger partial charge < -0.3 is 15.2 Å². The Kier molecular flexibility index (Phi) is 6.81. The fraction of sp³-hybridized carbons (Fsp3) is 0.579. The number of anilines is 1. The number of ketones is 1. The lowest BCUT2D eigenvalue weighted by atomic mass is 10.1. The second kappa shape index (κ2) is 9.58. The molecule has 1 aliphatic carbocycles. The highest BCUT2D eigenvalue weighted by Crippen LogP contribution is 2.30. The maximum atomic E-state index is 13.1. The number of hydrogen-bond acceptors (Lipinski definition) is 10. The monoisotopic (exact) mass is 466 g/mol. The fourth-order valence-electron chi connectivity index (χ4n) is 4.10. The number of aliphatic hydroxyl groups is 1. The van der Waals surface area contributed by atoms with Crippen molar-refractivity contribution in [3.8, 4) is 0 Å². The average Bonchev–Trinajstić information content (AvgIpc) is 3.48. The zero-order chi connectivity index (χ0) is 22.7. The standard InChI is InChI=1S/C19H26N6O6S/c20-32(28,29)31-10-13-5-14(6-17(13)26)23-19-15(7-21-11-22-19)18(27)16-1-3-25(24-16)8-12-2-4-30-9-12/h1,3,7,11-14,17,26H,2,4-6,8-10H2,(H2,20,28,29)(H,21,22,23)/t12-,13+,14+,17-/m0/s1. The van der Waals surface area contributed by atoms with E-state index in [1.165, 1.54) is 12.5 Å². The molecule has 2 aliphatic rings. The molecule has 32 heavy (non-hydrogen) atoms. The van der Waals surface area contributed by atoms with Gasteiger partial charge in [0, 0.05) is 43.4 Å². The molecule has 13 heteroatoms. The number of nitrogens with zero attached hydrogens (tertiary/aromatic N) is 4. The number of aromatic nitrogens is 4. The van der Waals surface area contributed by atoms with Gasteiger partial charge in [0.25, 0.3) is 0 Å². The molecule has 12 nitrogen and oxygen atoms in total. The summed E-state index contributed by atoms with van der Waals surface area (Å²) in [5.41, 5.74) is 0.549. The highest BCUT2D eigenvalue weighted by molar-refractivity contribution is 7.84. The number of carbonyl (C=O) groups is 1. The molecule has 1 saturated heterocycles. The molecule has 0 unspecified atom stereocenters. The summed E-state index contributed by atoms with van der Waals surface area (Å²) in [5.74, 6) is -0.0201. The van der Waals surface area contributed by atoms with Crippen LogP contribution in [0.25, 0.3) is 0 Å². The van der Waals surface area contributed by atoms with Crippen molar-refractivity contribution in [3.05, 3.63) is 36.0 Å². The van der Waals surface area contributed by atoms with Crippen molar-refractivity contribution in [2.24, 2.45) is 17.0 Å². The summed E-state index contributed by atoms with van der Waals surface area (Å²) in [6.07, 6.45) is 5.48. The summed E-state index contributed by atoms with van der Waals surface area (Å²) in [5, 5.41) is 22.7. The third-order valence-corrected chi connectivity index (χ3v) is 6.21. The Balaban J connectivity index is 1.42. The van der Waals surface area contributed by atoms with Crippen LogP contribution in [0.5, 0.6) is 0 Å². The van der Waals surface area contributed by atoms with Crippen LogP contribution in [0, 0.1) is 11.8 Å². The number of hydrogen-bond donors (Lipinski definition) is 3. The van der Waals surface area contributed by atoms with Gasteiger partial charge in [0.15, 0.2) is 0 Å². The van der Waals surface area contributed by atoms with Gasteiger partial charge in [-0.25, -0.2) is 15.1 Å². The maximum absolute atomic E-state index is 13.1. The Hall–Kier alpha value is -2.45. The first kappa shape index (κ1) is 22.7. The Bertz CT molecular complexity index is 1050. The molecule has 174 valence electrons. The van der Waals surface area contributed by atoms with E-state index in [0.29, 0.717) is 37.7 Å². The molecule has 0 aromatic carbocycles. The van der Waals surface area contributed by atoms with Crippen LogP contribution in [0.1, 0.15) is 35.3 Å². The van der Waals surface area contributed by atoms with Crippen LogP contribution in [-0.4, -0.2) is 71.0 Å². The van der Waals surface area contributed by atoms with Gasteiger partial charge in [-0.2, -0.15) is 13.5 Å². The summed E-state index contributed by atoms with van der Waals surface area (Å²) in [6.45, 7) is 1.92. The Morgan fingerprint density at radius 1 is 1.41 bits per heavy atom. The highest BCUT2D eigenvalue weighted by Gasteiger charge is 2.35. The molecule has 1 saturated carbocycles. The lowest BCUT2D eigenvalue weighted by Gasteiger charge is -2.15. The van der Waals surface area contributed by atoms with Crippen LogP contribution < -0.4 is 10.5 Å². The first-order valence-corrected chi connectivity index (χ1v) is 11.8. The van der Waals surface area contributed by atoms with Gasteiger partial charge in [0.1, 0.15) is 17.8 Å². The molecule has 0 bridgehead atoms. The number of ether oxygens (including phenoxy) is 1. The summed E-state index contributed by atoms with van der Waals surface area (Å²) in [7, 11) is -4.08. The number of nitrogens with one attached hydrogen (secondary N) is 1. The van der Waals surface area contributed by atoms with Gasteiger partial charge in [-0.3, -0.25) is 13.7 Å². The quantitative estimate of drug-likeness (QED) is 0.417. The minimum Gasteiger partial charge on any atom is -0.393 e. The largest absolute Gasteiger partial charge is 0.393 e. The van der Waals surface area contributed by atoms with Crippen molar-refractivity contribution in [3.63, 3.8) is 0 Å². The molecule has 3 heterocycles. The van der Waals surface area contributed by atoms with E-state index in [1.807, 2.05) is 0 Å². The van der Waals surface area contributed by atoms with E-state index in [4.69, 9.17) is 9.88 Å². The van der Waals surface area contributed by atoms with E-state index in [1.54, 1.807) is 16.9 Å². The van der Waals surface area contributed by atoms with Crippen molar-refractivity contribution < 1.29 is 27.2 Å². The fourth-order valence-corrected chi connectivity index (χ4v) is 4.46. The number of nitrogens with two attached hydrogens (primary N) is 1.